The fraction of sp³-hybridized carbons (Fsp3) is 0.522. The molecule has 1 N–H and O–H groups in total. The number of pyridine rings is 1. The predicted octanol–water partition coefficient (Wildman–Crippen LogP) is 1.94. The molecule has 156 valence electrons. The summed E-state index contributed by atoms with van der Waals surface area (Å²) >= 11 is 0. The molecular weight excluding hydrogens is 364 g/mol. The fourth-order valence-electron chi connectivity index (χ4n) is 4.59. The average Bonchev–Trinajstić information content (AvgIpc) is 2.99. The molecule has 6 nitrogen and oxygen atoms in total. The second kappa shape index (κ2) is 8.69. The van der Waals surface area contributed by atoms with Crippen LogP contribution in [0.1, 0.15) is 18.4 Å². The minimum atomic E-state index is -0.0349. The van der Waals surface area contributed by atoms with E-state index < -0.39 is 0 Å². The van der Waals surface area contributed by atoms with Crippen LogP contribution in [0.2, 0.25) is 0 Å². The Labute approximate surface area is 172 Å². The van der Waals surface area contributed by atoms with Crippen LogP contribution in [0.5, 0.6) is 0 Å². The molecule has 3 heterocycles. The SMILES string of the molecule is CN1CCN(C2(CNCc3cc4ccccc4n(C)c3=O)CCC=COC2)CC1. The summed E-state index contributed by atoms with van der Waals surface area (Å²) in [5.74, 6) is 0. The number of aromatic nitrogens is 1. The minimum absolute atomic E-state index is 0.0349. The minimum Gasteiger partial charge on any atom is -0.500 e. The zero-order valence-electron chi connectivity index (χ0n) is 17.6. The normalized spacial score (nSPS) is 23.8. The number of fused-ring (bicyclic) bond motifs is 1. The highest BCUT2D eigenvalue weighted by Gasteiger charge is 2.38. The number of hydrogen-bond donors (Lipinski definition) is 1. The molecule has 1 aromatic carbocycles. The van der Waals surface area contributed by atoms with E-state index in [-0.39, 0.29) is 11.1 Å². The summed E-state index contributed by atoms with van der Waals surface area (Å²) in [4.78, 5) is 17.8. The zero-order valence-corrected chi connectivity index (χ0v) is 17.6. The van der Waals surface area contributed by atoms with E-state index in [0.717, 1.165) is 62.0 Å². The van der Waals surface area contributed by atoms with Gasteiger partial charge in [-0.3, -0.25) is 9.69 Å². The lowest BCUT2D eigenvalue weighted by molar-refractivity contribution is -0.00567. The van der Waals surface area contributed by atoms with Crippen molar-refractivity contribution in [2.75, 3.05) is 46.4 Å². The lowest BCUT2D eigenvalue weighted by Crippen LogP contribution is -2.62. The molecule has 1 saturated heterocycles. The van der Waals surface area contributed by atoms with Crippen LogP contribution in [0.3, 0.4) is 0 Å². The van der Waals surface area contributed by atoms with Crippen LogP contribution in [-0.2, 0) is 18.3 Å². The molecule has 0 aliphatic carbocycles. The van der Waals surface area contributed by atoms with Gasteiger partial charge in [-0.15, -0.1) is 0 Å². The van der Waals surface area contributed by atoms with Crippen molar-refractivity contribution in [1.82, 2.24) is 19.7 Å². The molecule has 1 fully saturated rings. The lowest BCUT2D eigenvalue weighted by Gasteiger charge is -2.46. The van der Waals surface area contributed by atoms with Gasteiger partial charge < -0.3 is 19.5 Å². The number of ether oxygens (including phenoxy) is 1. The van der Waals surface area contributed by atoms with E-state index in [9.17, 15) is 4.79 Å². The van der Waals surface area contributed by atoms with Crippen molar-refractivity contribution < 1.29 is 4.74 Å². The highest BCUT2D eigenvalue weighted by Crippen LogP contribution is 2.26. The number of piperazine rings is 1. The third kappa shape index (κ3) is 4.25. The van der Waals surface area contributed by atoms with Crippen molar-refractivity contribution >= 4 is 10.9 Å². The highest BCUT2D eigenvalue weighted by atomic mass is 16.5. The number of nitrogens with one attached hydrogen (secondary N) is 1. The molecule has 6 heteroatoms. The Kier molecular flexibility index (Phi) is 6.04. The monoisotopic (exact) mass is 396 g/mol. The van der Waals surface area contributed by atoms with Crippen molar-refractivity contribution in [1.29, 1.82) is 0 Å². The summed E-state index contributed by atoms with van der Waals surface area (Å²) in [5.41, 5.74) is 1.82. The Morgan fingerprint density at radius 1 is 1.14 bits per heavy atom. The molecule has 0 spiro atoms. The smallest absolute Gasteiger partial charge is 0.255 e. The largest absolute Gasteiger partial charge is 0.500 e. The van der Waals surface area contributed by atoms with Gasteiger partial charge in [0.25, 0.3) is 5.56 Å². The Hall–Kier alpha value is -2.15. The van der Waals surface area contributed by atoms with Gasteiger partial charge in [-0.05, 0) is 43.5 Å². The molecular formula is C23H32N4O2. The number of benzene rings is 1. The summed E-state index contributed by atoms with van der Waals surface area (Å²) < 4.78 is 7.60. The Balaban J connectivity index is 1.50. The second-order valence-electron chi connectivity index (χ2n) is 8.43. The van der Waals surface area contributed by atoms with Gasteiger partial charge in [-0.2, -0.15) is 0 Å². The van der Waals surface area contributed by atoms with Gasteiger partial charge in [-0.25, -0.2) is 0 Å². The van der Waals surface area contributed by atoms with Crippen molar-refractivity contribution in [2.24, 2.45) is 7.05 Å². The maximum atomic E-state index is 12.8. The van der Waals surface area contributed by atoms with Gasteiger partial charge in [-0.1, -0.05) is 18.2 Å². The number of hydrogen-bond acceptors (Lipinski definition) is 5. The highest BCUT2D eigenvalue weighted by molar-refractivity contribution is 5.79. The Morgan fingerprint density at radius 2 is 1.93 bits per heavy atom. The third-order valence-electron chi connectivity index (χ3n) is 6.47. The maximum Gasteiger partial charge on any atom is 0.255 e. The van der Waals surface area contributed by atoms with Gasteiger partial charge >= 0.3 is 0 Å². The molecule has 2 aliphatic heterocycles. The van der Waals surface area contributed by atoms with E-state index in [4.69, 9.17) is 4.74 Å². The number of rotatable bonds is 5. The summed E-state index contributed by atoms with van der Waals surface area (Å²) in [5, 5.41) is 4.70. The second-order valence-corrected chi connectivity index (χ2v) is 8.43. The lowest BCUT2D eigenvalue weighted by atomic mass is 9.91. The Morgan fingerprint density at radius 3 is 2.76 bits per heavy atom. The topological polar surface area (TPSA) is 49.7 Å². The molecule has 0 radical (unpaired) electrons. The van der Waals surface area contributed by atoms with Gasteiger partial charge in [0.15, 0.2) is 0 Å². The third-order valence-corrected chi connectivity index (χ3v) is 6.47. The van der Waals surface area contributed by atoms with Crippen molar-refractivity contribution in [2.45, 2.75) is 24.9 Å². The van der Waals surface area contributed by atoms with Crippen LogP contribution in [0, 0.1) is 0 Å². The molecule has 1 unspecified atom stereocenters. The van der Waals surface area contributed by atoms with Gasteiger partial charge in [0.1, 0.15) is 6.61 Å². The molecule has 2 aliphatic rings. The first kappa shape index (κ1) is 20.1. The summed E-state index contributed by atoms with van der Waals surface area (Å²) in [7, 11) is 4.04. The Bertz CT molecular complexity index is 918. The first-order valence-corrected chi connectivity index (χ1v) is 10.6. The van der Waals surface area contributed by atoms with E-state index in [1.54, 1.807) is 4.57 Å². The van der Waals surface area contributed by atoms with E-state index in [2.05, 4.69) is 34.3 Å². The summed E-state index contributed by atoms with van der Waals surface area (Å²) in [6.07, 6.45) is 6.05. The molecule has 2 aromatic rings. The molecule has 1 atom stereocenters. The van der Waals surface area contributed by atoms with E-state index in [0.29, 0.717) is 13.2 Å². The van der Waals surface area contributed by atoms with Crippen molar-refractivity contribution in [3.05, 3.63) is 58.6 Å². The number of aryl methyl sites for hydroxylation is 1. The van der Waals surface area contributed by atoms with Crippen LogP contribution in [0.15, 0.2) is 47.5 Å². The van der Waals surface area contributed by atoms with Gasteiger partial charge in [0.2, 0.25) is 0 Å². The number of para-hydroxylation sites is 1. The van der Waals surface area contributed by atoms with Crippen LogP contribution < -0.4 is 10.9 Å². The average molecular weight is 397 g/mol. The van der Waals surface area contributed by atoms with Crippen molar-refractivity contribution in [3.8, 4) is 0 Å². The molecule has 1 aromatic heterocycles. The van der Waals surface area contributed by atoms with E-state index >= 15 is 0 Å². The van der Waals surface area contributed by atoms with Gasteiger partial charge in [0.05, 0.1) is 17.3 Å². The van der Waals surface area contributed by atoms with Crippen molar-refractivity contribution in [3.63, 3.8) is 0 Å². The summed E-state index contributed by atoms with van der Waals surface area (Å²) in [6.45, 7) is 6.35. The van der Waals surface area contributed by atoms with Crippen LogP contribution >= 0.6 is 0 Å². The first-order chi connectivity index (χ1) is 14.1. The molecule has 29 heavy (non-hydrogen) atoms. The fourth-order valence-corrected chi connectivity index (χ4v) is 4.59. The standard InChI is InChI=1S/C23H32N4O2/c1-25-10-12-27(13-11-25)23(9-5-6-14-29-18-23)17-24-16-20-15-19-7-3-4-8-21(19)26(2)22(20)28/h3-4,6-8,14-15,24H,5,9-13,16-18H2,1-2H3. The molecule has 0 amide bonds. The van der Waals surface area contributed by atoms with E-state index in [1.165, 1.54) is 0 Å². The predicted molar refractivity (Wildman–Crippen MR) is 117 cm³/mol. The van der Waals surface area contributed by atoms with Crippen LogP contribution in [-0.4, -0.2) is 66.3 Å². The van der Waals surface area contributed by atoms with Crippen LogP contribution in [0.25, 0.3) is 10.9 Å². The number of nitrogens with zero attached hydrogens (tertiary/aromatic N) is 3. The molecule has 4 rings (SSSR count). The quantitative estimate of drug-likeness (QED) is 0.837. The van der Waals surface area contributed by atoms with Crippen LogP contribution in [0.4, 0.5) is 0 Å². The maximum absolute atomic E-state index is 12.8. The zero-order chi connectivity index (χ0) is 20.3. The molecule has 0 bridgehead atoms. The summed E-state index contributed by atoms with van der Waals surface area (Å²) in [6, 6.07) is 10.1. The first-order valence-electron chi connectivity index (χ1n) is 10.6. The number of likely N-dealkylation sites (N-methyl/N-ethyl adjacent to an activating group) is 1. The van der Waals surface area contributed by atoms with E-state index in [1.807, 2.05) is 37.6 Å². The number of allylic oxidation sites excluding steroid dienone is 1. The van der Waals surface area contributed by atoms with Gasteiger partial charge in [0, 0.05) is 51.9 Å². The molecule has 0 saturated carbocycles.